The number of rotatable bonds is 8. The Morgan fingerprint density at radius 3 is 2.21 bits per heavy atom. The van der Waals surface area contributed by atoms with Crippen LogP contribution in [0.4, 0.5) is 5.69 Å². The highest BCUT2D eigenvalue weighted by Crippen LogP contribution is 2.16. The molecule has 0 saturated heterocycles. The zero-order valence-electron chi connectivity index (χ0n) is 16.3. The van der Waals surface area contributed by atoms with E-state index < -0.39 is 28.5 Å². The molecular weight excluding hydrogens is 396 g/mol. The lowest BCUT2D eigenvalue weighted by atomic mass is 10.2. The lowest BCUT2D eigenvalue weighted by Gasteiger charge is -2.12. The number of anilines is 1. The van der Waals surface area contributed by atoms with E-state index in [4.69, 9.17) is 9.47 Å². The Morgan fingerprint density at radius 2 is 1.66 bits per heavy atom. The minimum absolute atomic E-state index is 0.107. The number of nitrogens with zero attached hydrogens (tertiary/aromatic N) is 1. The Morgan fingerprint density at radius 1 is 1.03 bits per heavy atom. The average Bonchev–Trinajstić information content (AvgIpc) is 2.71. The van der Waals surface area contributed by atoms with Crippen LogP contribution in [-0.2, 0) is 24.3 Å². The highest BCUT2D eigenvalue weighted by atomic mass is 32.2. The number of hydrogen-bond donors (Lipinski definition) is 1. The summed E-state index contributed by atoms with van der Waals surface area (Å²) in [6.07, 6.45) is 2.78. The number of esters is 1. The molecule has 2 aromatic rings. The van der Waals surface area contributed by atoms with Crippen LogP contribution < -0.4 is 10.1 Å². The van der Waals surface area contributed by atoms with Gasteiger partial charge in [0.1, 0.15) is 5.75 Å². The topological polar surface area (TPSA) is 102 Å². The minimum atomic E-state index is -3.54. The first-order valence-corrected chi connectivity index (χ1v) is 9.97. The van der Waals surface area contributed by atoms with Gasteiger partial charge in [0.2, 0.25) is 10.0 Å². The molecule has 0 radical (unpaired) electrons. The van der Waals surface area contributed by atoms with Crippen molar-refractivity contribution < 1.29 is 27.5 Å². The van der Waals surface area contributed by atoms with E-state index >= 15 is 0 Å². The Balaban J connectivity index is 1.84. The van der Waals surface area contributed by atoms with Gasteiger partial charge in [0, 0.05) is 25.9 Å². The Labute approximate surface area is 169 Å². The summed E-state index contributed by atoms with van der Waals surface area (Å²) in [5.41, 5.74) is 1.16. The van der Waals surface area contributed by atoms with Crippen molar-refractivity contribution in [3.05, 3.63) is 60.2 Å². The van der Waals surface area contributed by atoms with Gasteiger partial charge in [-0.2, -0.15) is 0 Å². The minimum Gasteiger partial charge on any atom is -0.497 e. The van der Waals surface area contributed by atoms with Crippen LogP contribution >= 0.6 is 0 Å². The van der Waals surface area contributed by atoms with E-state index in [1.807, 2.05) is 0 Å². The second-order valence-corrected chi connectivity index (χ2v) is 8.23. The van der Waals surface area contributed by atoms with E-state index in [2.05, 4.69) is 5.32 Å². The molecule has 1 amide bonds. The number of nitrogens with one attached hydrogen (secondary N) is 1. The zero-order valence-corrected chi connectivity index (χ0v) is 17.1. The van der Waals surface area contributed by atoms with Crippen LogP contribution in [0.15, 0.2) is 59.5 Å². The monoisotopic (exact) mass is 418 g/mol. The third kappa shape index (κ3) is 6.44. The van der Waals surface area contributed by atoms with E-state index in [0.29, 0.717) is 11.4 Å². The molecule has 1 N–H and O–H groups in total. The van der Waals surface area contributed by atoms with Gasteiger partial charge in [-0.25, -0.2) is 17.5 Å². The lowest BCUT2D eigenvalue weighted by Crippen LogP contribution is -2.22. The number of carbonyl (C=O) groups is 2. The molecule has 0 spiro atoms. The number of carbonyl (C=O) groups excluding carboxylic acids is 2. The van der Waals surface area contributed by atoms with Crippen molar-refractivity contribution in [1.82, 2.24) is 4.31 Å². The third-order valence-electron chi connectivity index (χ3n) is 3.79. The first-order chi connectivity index (χ1) is 13.7. The molecule has 0 atom stereocenters. The maximum absolute atomic E-state index is 12.0. The summed E-state index contributed by atoms with van der Waals surface area (Å²) < 4.78 is 35.0. The van der Waals surface area contributed by atoms with Crippen molar-refractivity contribution in [1.29, 1.82) is 0 Å². The highest BCUT2D eigenvalue weighted by Gasteiger charge is 2.16. The predicted octanol–water partition coefficient (Wildman–Crippen LogP) is 2.14. The maximum Gasteiger partial charge on any atom is 0.331 e. The van der Waals surface area contributed by atoms with Gasteiger partial charge >= 0.3 is 5.97 Å². The first kappa shape index (κ1) is 22.1. The van der Waals surface area contributed by atoms with E-state index in [9.17, 15) is 18.0 Å². The van der Waals surface area contributed by atoms with Gasteiger partial charge in [0.25, 0.3) is 5.91 Å². The number of sulfonamides is 1. The molecule has 0 aliphatic carbocycles. The van der Waals surface area contributed by atoms with Gasteiger partial charge in [0.05, 0.1) is 12.0 Å². The molecule has 2 aromatic carbocycles. The van der Waals surface area contributed by atoms with Crippen molar-refractivity contribution in [2.24, 2.45) is 0 Å². The number of hydrogen-bond acceptors (Lipinski definition) is 6. The number of ether oxygens (including phenoxy) is 2. The van der Waals surface area contributed by atoms with Crippen LogP contribution in [0.3, 0.4) is 0 Å². The second-order valence-electron chi connectivity index (χ2n) is 6.07. The third-order valence-corrected chi connectivity index (χ3v) is 5.62. The average molecular weight is 418 g/mol. The molecule has 8 nitrogen and oxygen atoms in total. The molecule has 29 heavy (non-hydrogen) atoms. The molecular formula is C20H22N2O6S. The standard InChI is InChI=1S/C20H22N2O6S/c1-22(2)29(25,26)18-11-7-16(8-12-18)21-19(23)14-28-20(24)13-6-15-4-9-17(27-3)10-5-15/h4-13H,14H2,1-3H3,(H,21,23)/b13-6+. The Kier molecular flexibility index (Phi) is 7.52. The zero-order chi connectivity index (χ0) is 21.4. The summed E-state index contributed by atoms with van der Waals surface area (Å²) in [6.45, 7) is -0.469. The summed E-state index contributed by atoms with van der Waals surface area (Å²) in [7, 11) is 0.889. The van der Waals surface area contributed by atoms with Gasteiger partial charge in [0.15, 0.2) is 6.61 Å². The van der Waals surface area contributed by atoms with Gasteiger partial charge in [-0.3, -0.25) is 4.79 Å². The van der Waals surface area contributed by atoms with E-state index in [1.165, 1.54) is 44.4 Å². The van der Waals surface area contributed by atoms with Gasteiger partial charge in [-0.1, -0.05) is 12.1 Å². The molecule has 2 rings (SSSR count). The van der Waals surface area contributed by atoms with Crippen molar-refractivity contribution >= 4 is 33.7 Å². The number of methoxy groups -OCH3 is 1. The van der Waals surface area contributed by atoms with E-state index in [0.717, 1.165) is 9.87 Å². The summed E-state index contributed by atoms with van der Waals surface area (Å²) in [5, 5.41) is 2.53. The van der Waals surface area contributed by atoms with Gasteiger partial charge < -0.3 is 14.8 Å². The van der Waals surface area contributed by atoms with E-state index in [-0.39, 0.29) is 4.90 Å². The molecule has 0 saturated carbocycles. The van der Waals surface area contributed by atoms with Crippen LogP contribution in [-0.4, -0.2) is 52.4 Å². The maximum atomic E-state index is 12.0. The molecule has 154 valence electrons. The largest absolute Gasteiger partial charge is 0.497 e. The molecule has 0 aromatic heterocycles. The number of benzene rings is 2. The Hall–Kier alpha value is -3.17. The number of amides is 1. The fourth-order valence-corrected chi connectivity index (χ4v) is 3.08. The van der Waals surface area contributed by atoms with Crippen LogP contribution in [0, 0.1) is 0 Å². The lowest BCUT2D eigenvalue weighted by molar-refractivity contribution is -0.142. The molecule has 0 unspecified atom stereocenters. The predicted molar refractivity (Wildman–Crippen MR) is 109 cm³/mol. The molecule has 0 bridgehead atoms. The fourth-order valence-electron chi connectivity index (χ4n) is 2.18. The fraction of sp³-hybridized carbons (Fsp3) is 0.200. The SMILES string of the molecule is COc1ccc(/C=C/C(=O)OCC(=O)Nc2ccc(S(=O)(=O)N(C)C)cc2)cc1. The molecule has 9 heteroatoms. The van der Waals surface area contributed by atoms with Gasteiger partial charge in [-0.05, 0) is 48.0 Å². The highest BCUT2D eigenvalue weighted by molar-refractivity contribution is 7.89. The van der Waals surface area contributed by atoms with Crippen LogP contribution in [0.1, 0.15) is 5.56 Å². The van der Waals surface area contributed by atoms with Crippen LogP contribution in [0.25, 0.3) is 6.08 Å². The first-order valence-electron chi connectivity index (χ1n) is 8.53. The normalized spacial score (nSPS) is 11.4. The van der Waals surface area contributed by atoms with Crippen LogP contribution in [0.5, 0.6) is 5.75 Å². The molecule has 0 fully saturated rings. The summed E-state index contributed by atoms with van der Waals surface area (Å²) in [4.78, 5) is 23.7. The molecule has 0 aliphatic heterocycles. The van der Waals surface area contributed by atoms with E-state index in [1.54, 1.807) is 37.5 Å². The van der Waals surface area contributed by atoms with Crippen molar-refractivity contribution in [3.63, 3.8) is 0 Å². The Bertz CT molecular complexity index is 981. The second kappa shape index (κ2) is 9.85. The molecule has 0 aliphatic rings. The van der Waals surface area contributed by atoms with Crippen LogP contribution in [0.2, 0.25) is 0 Å². The smallest absolute Gasteiger partial charge is 0.331 e. The summed E-state index contributed by atoms with van der Waals surface area (Å²) in [5.74, 6) is -0.503. The summed E-state index contributed by atoms with van der Waals surface area (Å²) in [6, 6.07) is 12.7. The van der Waals surface area contributed by atoms with Crippen molar-refractivity contribution in [2.45, 2.75) is 4.90 Å². The van der Waals surface area contributed by atoms with Crippen molar-refractivity contribution in [2.75, 3.05) is 33.1 Å². The quantitative estimate of drug-likeness (QED) is 0.521. The van der Waals surface area contributed by atoms with Gasteiger partial charge in [-0.15, -0.1) is 0 Å². The summed E-state index contributed by atoms with van der Waals surface area (Å²) >= 11 is 0. The molecule has 0 heterocycles. The van der Waals surface area contributed by atoms with Crippen molar-refractivity contribution in [3.8, 4) is 5.75 Å².